The lowest BCUT2D eigenvalue weighted by molar-refractivity contribution is 0.405. The largest absolute Gasteiger partial charge is 0.0648 e. The maximum absolute atomic E-state index is 2.48. The predicted molar refractivity (Wildman–Crippen MR) is 480 cm³/mol. The van der Waals surface area contributed by atoms with Crippen molar-refractivity contribution < 1.29 is 0 Å². The molecule has 0 spiro atoms. The average Bonchev–Trinajstić information content (AvgIpc) is 0.647. The molecule has 18 aromatic carbocycles. The molecule has 117 heavy (non-hydrogen) atoms. The van der Waals surface area contributed by atoms with E-state index in [9.17, 15) is 0 Å². The number of hydrogen-bond donors (Lipinski definition) is 0. The standard InChI is InChI=1S/3C39H26/c1-25-22-23-31-30-16-6-9-19-34(30)38-32-17-7-2-12-26(32)28-14-4-10-20-35(28)39(38,37(31)24-25)36-21-11-5-15-29(36)27-13-3-8-18-33(27)38;1-25-13-12-24-36-37(25)30-18-6-11-23-35(30)38-31-19-7-2-14-26(31)28-16-4-9-21-33(28)39(36,38)34-22-10-5-17-29(34)27-15-3-8-20-32(27)38;1-25-22-23-37-31(24-25)30-16-6-11-21-36(30)38-32-17-7-2-12-26(32)28-14-4-9-19-34(28)39(37,38)35-20-10-5-15-29(35)27-13-3-8-18-33(27)38/h3*2-24H,1H3. The third kappa shape index (κ3) is 7.78. The van der Waals surface area contributed by atoms with Gasteiger partial charge in [0.05, 0.1) is 32.5 Å². The van der Waals surface area contributed by atoms with Gasteiger partial charge in [0.1, 0.15) is 0 Å². The fourth-order valence-electron chi connectivity index (χ4n) is 25.7. The maximum Gasteiger partial charge on any atom is 0.0648 e. The molecule has 0 N–H and O–H groups in total. The zero-order valence-corrected chi connectivity index (χ0v) is 65.3. The smallest absolute Gasteiger partial charge is 0.0619 e. The lowest BCUT2D eigenvalue weighted by Gasteiger charge is -2.62. The van der Waals surface area contributed by atoms with Crippen LogP contribution in [0, 0.1) is 20.8 Å². The first-order chi connectivity index (χ1) is 57.8. The summed E-state index contributed by atoms with van der Waals surface area (Å²) in [6.45, 7) is 6.74. The Bertz CT molecular complexity index is 6880. The summed E-state index contributed by atoms with van der Waals surface area (Å²) in [5, 5.41) is 0. The highest BCUT2D eigenvalue weighted by Crippen LogP contribution is 2.77. The summed E-state index contributed by atoms with van der Waals surface area (Å²) in [7, 11) is 0. The summed E-state index contributed by atoms with van der Waals surface area (Å²) in [5.41, 5.74) is 50.6. The van der Waals surface area contributed by atoms with Gasteiger partial charge in [-0.2, -0.15) is 0 Å². The summed E-state index contributed by atoms with van der Waals surface area (Å²) in [4.78, 5) is 0. The average molecular weight is 1480 g/mol. The first-order valence-electron chi connectivity index (χ1n) is 41.6. The van der Waals surface area contributed by atoms with Crippen molar-refractivity contribution in [3.63, 3.8) is 0 Å². The zero-order valence-electron chi connectivity index (χ0n) is 65.3. The van der Waals surface area contributed by atoms with Crippen molar-refractivity contribution in [1.29, 1.82) is 0 Å². The first kappa shape index (κ1) is 66.4. The van der Waals surface area contributed by atoms with Gasteiger partial charge in [0, 0.05) is 0 Å². The molecule has 27 rings (SSSR count). The Hall–Kier alpha value is -14.0. The molecule has 0 bridgehead atoms. The summed E-state index contributed by atoms with van der Waals surface area (Å²) in [6.07, 6.45) is 0. The van der Waals surface area contributed by atoms with Crippen molar-refractivity contribution in [2.24, 2.45) is 0 Å². The molecular formula is C117H78. The maximum atomic E-state index is 2.48. The van der Waals surface area contributed by atoms with E-state index < -0.39 is 32.5 Å². The normalized spacial score (nSPS) is 20.6. The Labute approximate surface area is 684 Å². The van der Waals surface area contributed by atoms with Crippen molar-refractivity contribution in [2.75, 3.05) is 0 Å². The summed E-state index contributed by atoms with van der Waals surface area (Å²) in [5.74, 6) is 0. The van der Waals surface area contributed by atoms with E-state index >= 15 is 0 Å². The second kappa shape index (κ2) is 24.0. The second-order valence-corrected chi connectivity index (χ2v) is 33.8. The fourth-order valence-corrected chi connectivity index (χ4v) is 25.7. The molecule has 0 unspecified atom stereocenters. The van der Waals surface area contributed by atoms with E-state index in [1.807, 2.05) is 0 Å². The molecule has 18 aromatic rings. The quantitative estimate of drug-likeness (QED) is 0.142. The van der Waals surface area contributed by atoms with Crippen LogP contribution in [0.3, 0.4) is 0 Å². The number of rotatable bonds is 0. The van der Waals surface area contributed by atoms with Gasteiger partial charge < -0.3 is 0 Å². The van der Waals surface area contributed by atoms with Gasteiger partial charge in [0.15, 0.2) is 0 Å². The van der Waals surface area contributed by atoms with Gasteiger partial charge in [-0.15, -0.1) is 0 Å². The van der Waals surface area contributed by atoms with Crippen LogP contribution >= 0.6 is 0 Å². The number of benzene rings is 18. The van der Waals surface area contributed by atoms with Gasteiger partial charge in [-0.05, 0) is 227 Å². The highest BCUT2D eigenvalue weighted by Gasteiger charge is 2.70. The van der Waals surface area contributed by atoms with Crippen LogP contribution in [0.4, 0.5) is 0 Å². The lowest BCUT2D eigenvalue weighted by Crippen LogP contribution is -2.58. The van der Waals surface area contributed by atoms with Gasteiger partial charge in [-0.1, -0.05) is 430 Å². The van der Waals surface area contributed by atoms with Crippen molar-refractivity contribution >= 4 is 0 Å². The van der Waals surface area contributed by atoms with E-state index in [1.165, 1.54) is 217 Å². The molecule has 0 heterocycles. The van der Waals surface area contributed by atoms with Crippen molar-refractivity contribution in [1.82, 2.24) is 0 Å². The molecule has 0 aromatic heterocycles. The summed E-state index contributed by atoms with van der Waals surface area (Å²) >= 11 is 0. The molecule has 0 radical (unpaired) electrons. The summed E-state index contributed by atoms with van der Waals surface area (Å²) < 4.78 is 0. The van der Waals surface area contributed by atoms with Crippen molar-refractivity contribution in [3.05, 3.63) is 535 Å². The fraction of sp³-hybridized carbons (Fsp3) is 0.0769. The predicted octanol–water partition coefficient (Wildman–Crippen LogP) is 27.9. The molecule has 0 atom stereocenters. The first-order valence-corrected chi connectivity index (χ1v) is 41.6. The van der Waals surface area contributed by atoms with E-state index in [0.29, 0.717) is 0 Å². The van der Waals surface area contributed by atoms with Crippen LogP contribution in [-0.2, 0) is 32.5 Å². The molecule has 0 heteroatoms. The van der Waals surface area contributed by atoms with Crippen LogP contribution in [0.5, 0.6) is 0 Å². The monoisotopic (exact) mass is 1480 g/mol. The van der Waals surface area contributed by atoms with E-state index in [2.05, 4.69) is 439 Å². The molecule has 0 saturated heterocycles. The third-order valence-corrected chi connectivity index (χ3v) is 29.1. The molecule has 0 nitrogen and oxygen atoms in total. The molecule has 546 valence electrons. The minimum absolute atomic E-state index is 0.429. The van der Waals surface area contributed by atoms with Gasteiger partial charge in [-0.25, -0.2) is 0 Å². The highest BCUT2D eigenvalue weighted by atomic mass is 14.7. The van der Waals surface area contributed by atoms with Crippen molar-refractivity contribution in [2.45, 2.75) is 53.3 Å². The Morgan fingerprint density at radius 1 is 0.120 bits per heavy atom. The third-order valence-electron chi connectivity index (χ3n) is 29.1. The van der Waals surface area contributed by atoms with Gasteiger partial charge in [0.2, 0.25) is 0 Å². The number of fused-ring (bicyclic) bond motifs is 27. The summed E-state index contributed by atoms with van der Waals surface area (Å²) in [6, 6.07) is 159. The zero-order chi connectivity index (χ0) is 77.3. The van der Waals surface area contributed by atoms with E-state index in [-0.39, 0.29) is 0 Å². The van der Waals surface area contributed by atoms with E-state index in [4.69, 9.17) is 0 Å². The second-order valence-electron chi connectivity index (χ2n) is 33.8. The Morgan fingerprint density at radius 3 is 0.556 bits per heavy atom. The topological polar surface area (TPSA) is 0 Å². The molecule has 0 saturated carbocycles. The van der Waals surface area contributed by atoms with Crippen LogP contribution in [0.1, 0.15) is 117 Å². The van der Waals surface area contributed by atoms with Crippen molar-refractivity contribution in [3.8, 4) is 100 Å². The SMILES string of the molecule is Cc1ccc2c(c1)-c1ccccc1C13c4ccccc4-c4ccccc4C21c1ccccc1-c1ccccc13.Cc1ccc2c(c1)C13c4ccccc4-c4ccccc4C1(c1ccccc1-c1ccccc13)c1ccccc1-2.Cc1cccc2c1-c1ccccc1C13c4ccccc4-c4ccccc4C21c1ccccc1-c1ccccc13. The molecule has 9 aliphatic carbocycles. The molecule has 9 aliphatic rings. The van der Waals surface area contributed by atoms with Crippen LogP contribution in [0.25, 0.3) is 100 Å². The van der Waals surface area contributed by atoms with Crippen LogP contribution < -0.4 is 0 Å². The molecule has 0 fully saturated rings. The Kier molecular flexibility index (Phi) is 13.6. The number of aryl methyl sites for hydroxylation is 3. The molecular weight excluding hydrogens is 1410 g/mol. The minimum atomic E-state index is -0.432. The Morgan fingerprint density at radius 2 is 0.291 bits per heavy atom. The number of hydrogen-bond acceptors (Lipinski definition) is 0. The minimum Gasteiger partial charge on any atom is -0.0619 e. The highest BCUT2D eigenvalue weighted by molar-refractivity contribution is 6.03. The van der Waals surface area contributed by atoms with E-state index in [1.54, 1.807) is 0 Å². The lowest BCUT2D eigenvalue weighted by atomic mass is 9.38. The van der Waals surface area contributed by atoms with Gasteiger partial charge >= 0.3 is 0 Å². The van der Waals surface area contributed by atoms with Crippen LogP contribution in [0.15, 0.2) is 419 Å². The van der Waals surface area contributed by atoms with Gasteiger partial charge in [0.25, 0.3) is 0 Å². The van der Waals surface area contributed by atoms with E-state index in [0.717, 1.165) is 0 Å². The van der Waals surface area contributed by atoms with Gasteiger partial charge in [-0.3, -0.25) is 0 Å². The molecule has 0 aliphatic heterocycles. The Balaban J connectivity index is 0.0000000980. The molecule has 0 amide bonds. The van der Waals surface area contributed by atoms with Crippen LogP contribution in [0.2, 0.25) is 0 Å². The van der Waals surface area contributed by atoms with Crippen LogP contribution in [-0.4, -0.2) is 0 Å².